The number of ether oxygens (including phenoxy) is 1. The van der Waals surface area contributed by atoms with E-state index in [2.05, 4.69) is 32.6 Å². The van der Waals surface area contributed by atoms with Crippen molar-refractivity contribution in [1.82, 2.24) is 25.1 Å². The van der Waals surface area contributed by atoms with E-state index in [1.807, 2.05) is 6.92 Å². The van der Waals surface area contributed by atoms with Gasteiger partial charge in [0.05, 0.1) is 24.7 Å². The van der Waals surface area contributed by atoms with Crippen LogP contribution in [0.3, 0.4) is 0 Å². The SMILES string of the molecule is C/C=C\C(=O)NCCn1ncc2c(NCCOC)nc(SCC)nc21. The van der Waals surface area contributed by atoms with Gasteiger partial charge in [-0.25, -0.2) is 14.6 Å². The molecule has 2 aromatic rings. The summed E-state index contributed by atoms with van der Waals surface area (Å²) in [5.41, 5.74) is 0.756. The van der Waals surface area contributed by atoms with Crippen LogP contribution in [-0.4, -0.2) is 58.2 Å². The van der Waals surface area contributed by atoms with Gasteiger partial charge in [-0.05, 0) is 18.8 Å². The zero-order valence-corrected chi connectivity index (χ0v) is 15.6. The average Bonchev–Trinajstić information content (AvgIpc) is 2.99. The van der Waals surface area contributed by atoms with Crippen molar-refractivity contribution in [3.63, 3.8) is 0 Å². The quantitative estimate of drug-likeness (QED) is 0.287. The number of nitrogens with one attached hydrogen (secondary N) is 2. The fourth-order valence-electron chi connectivity index (χ4n) is 2.19. The summed E-state index contributed by atoms with van der Waals surface area (Å²) in [6, 6.07) is 0. The molecule has 2 rings (SSSR count). The molecule has 136 valence electrons. The molecule has 0 unspecified atom stereocenters. The fraction of sp³-hybridized carbons (Fsp3) is 0.500. The van der Waals surface area contributed by atoms with Gasteiger partial charge >= 0.3 is 0 Å². The van der Waals surface area contributed by atoms with Crippen LogP contribution in [0.2, 0.25) is 0 Å². The molecule has 9 heteroatoms. The zero-order valence-electron chi connectivity index (χ0n) is 14.8. The largest absolute Gasteiger partial charge is 0.383 e. The predicted molar refractivity (Wildman–Crippen MR) is 99.9 cm³/mol. The Bertz CT molecular complexity index is 731. The number of hydrogen-bond acceptors (Lipinski definition) is 7. The summed E-state index contributed by atoms with van der Waals surface area (Å²) in [7, 11) is 1.66. The van der Waals surface area contributed by atoms with Gasteiger partial charge in [-0.3, -0.25) is 4.79 Å². The molecule has 0 fully saturated rings. The fourth-order valence-corrected chi connectivity index (χ4v) is 2.76. The van der Waals surface area contributed by atoms with Crippen molar-refractivity contribution < 1.29 is 9.53 Å². The number of carbonyl (C=O) groups is 1. The van der Waals surface area contributed by atoms with Crippen molar-refractivity contribution in [2.45, 2.75) is 25.5 Å². The summed E-state index contributed by atoms with van der Waals surface area (Å²) in [5.74, 6) is 1.52. The number of anilines is 1. The number of fused-ring (bicyclic) bond motifs is 1. The number of amides is 1. The van der Waals surface area contributed by atoms with Gasteiger partial charge in [0.25, 0.3) is 0 Å². The smallest absolute Gasteiger partial charge is 0.243 e. The maximum Gasteiger partial charge on any atom is 0.243 e. The molecule has 1 amide bonds. The molecular weight excluding hydrogens is 340 g/mol. The van der Waals surface area contributed by atoms with Crippen LogP contribution in [0, 0.1) is 0 Å². The molecule has 2 aromatic heterocycles. The summed E-state index contributed by atoms with van der Waals surface area (Å²) in [5, 5.41) is 12.0. The van der Waals surface area contributed by atoms with Gasteiger partial charge in [-0.2, -0.15) is 5.10 Å². The first-order chi connectivity index (χ1) is 12.2. The standard InChI is InChI=1S/C16H24N6O2S/c1-4-6-13(23)17-7-9-22-15-12(11-19-22)14(18-8-10-24-3)20-16(21-15)25-5-2/h4,6,11H,5,7-10H2,1-3H3,(H,17,23)(H,18,20,21)/b6-4-. The van der Waals surface area contributed by atoms with E-state index in [4.69, 9.17) is 4.74 Å². The normalized spacial score (nSPS) is 11.3. The van der Waals surface area contributed by atoms with E-state index in [0.29, 0.717) is 31.4 Å². The highest BCUT2D eigenvalue weighted by Crippen LogP contribution is 2.24. The number of thioether (sulfide) groups is 1. The molecule has 2 heterocycles. The molecule has 0 spiro atoms. The molecule has 0 aliphatic heterocycles. The second-order valence-corrected chi connectivity index (χ2v) is 6.33. The Labute approximate surface area is 151 Å². The van der Waals surface area contributed by atoms with E-state index in [-0.39, 0.29) is 5.91 Å². The third-order valence-electron chi connectivity index (χ3n) is 3.29. The van der Waals surface area contributed by atoms with E-state index in [9.17, 15) is 4.79 Å². The first kappa shape index (κ1) is 19.2. The van der Waals surface area contributed by atoms with Gasteiger partial charge in [-0.15, -0.1) is 0 Å². The van der Waals surface area contributed by atoms with Gasteiger partial charge in [-0.1, -0.05) is 24.8 Å². The highest BCUT2D eigenvalue weighted by Gasteiger charge is 2.13. The molecule has 0 saturated heterocycles. The summed E-state index contributed by atoms with van der Waals surface area (Å²) in [6.45, 7) is 6.13. The first-order valence-electron chi connectivity index (χ1n) is 8.19. The minimum Gasteiger partial charge on any atom is -0.383 e. The van der Waals surface area contributed by atoms with Gasteiger partial charge in [0.15, 0.2) is 10.8 Å². The summed E-state index contributed by atoms with van der Waals surface area (Å²) >= 11 is 1.58. The molecule has 0 radical (unpaired) electrons. The molecule has 0 aromatic carbocycles. The van der Waals surface area contributed by atoms with Gasteiger partial charge in [0.2, 0.25) is 5.91 Å². The van der Waals surface area contributed by atoms with Crippen molar-refractivity contribution >= 4 is 34.5 Å². The van der Waals surface area contributed by atoms with Crippen LogP contribution in [0.25, 0.3) is 11.0 Å². The van der Waals surface area contributed by atoms with E-state index in [1.54, 1.807) is 35.8 Å². The Morgan fingerprint density at radius 1 is 1.40 bits per heavy atom. The van der Waals surface area contributed by atoms with E-state index >= 15 is 0 Å². The lowest BCUT2D eigenvalue weighted by Crippen LogP contribution is -2.25. The monoisotopic (exact) mass is 364 g/mol. The van der Waals surface area contributed by atoms with Crippen molar-refractivity contribution in [1.29, 1.82) is 0 Å². The molecule has 8 nitrogen and oxygen atoms in total. The average molecular weight is 364 g/mol. The number of aromatic nitrogens is 4. The van der Waals surface area contributed by atoms with Gasteiger partial charge < -0.3 is 15.4 Å². The lowest BCUT2D eigenvalue weighted by atomic mass is 10.4. The predicted octanol–water partition coefficient (Wildman–Crippen LogP) is 1.69. The van der Waals surface area contributed by atoms with Crippen molar-refractivity contribution in [2.24, 2.45) is 0 Å². The Balaban J connectivity index is 2.19. The number of hydrogen-bond donors (Lipinski definition) is 2. The first-order valence-corrected chi connectivity index (χ1v) is 9.17. The van der Waals surface area contributed by atoms with Gasteiger partial charge in [0, 0.05) is 20.2 Å². The lowest BCUT2D eigenvalue weighted by molar-refractivity contribution is -0.116. The van der Waals surface area contributed by atoms with Crippen LogP contribution in [0.1, 0.15) is 13.8 Å². The summed E-state index contributed by atoms with van der Waals surface area (Å²) in [6.07, 6.45) is 4.95. The minimum absolute atomic E-state index is 0.113. The topological polar surface area (TPSA) is 94.0 Å². The van der Waals surface area contributed by atoms with Crippen LogP contribution in [0.4, 0.5) is 5.82 Å². The van der Waals surface area contributed by atoms with Crippen LogP contribution < -0.4 is 10.6 Å². The van der Waals surface area contributed by atoms with Crippen LogP contribution in [-0.2, 0) is 16.1 Å². The Morgan fingerprint density at radius 2 is 2.24 bits per heavy atom. The van der Waals surface area contributed by atoms with E-state index in [1.165, 1.54) is 6.08 Å². The second-order valence-electron chi connectivity index (χ2n) is 5.10. The second kappa shape index (κ2) is 10.00. The lowest BCUT2D eigenvalue weighted by Gasteiger charge is -2.09. The Kier molecular flexibility index (Phi) is 7.68. The Morgan fingerprint density at radius 3 is 2.96 bits per heavy atom. The Hall–Kier alpha value is -2.13. The number of carbonyl (C=O) groups excluding carboxylic acids is 1. The van der Waals surface area contributed by atoms with Crippen molar-refractivity contribution in [3.05, 3.63) is 18.3 Å². The number of nitrogens with zero attached hydrogens (tertiary/aromatic N) is 4. The number of methoxy groups -OCH3 is 1. The maximum atomic E-state index is 11.5. The van der Waals surface area contributed by atoms with Crippen LogP contribution in [0.5, 0.6) is 0 Å². The molecule has 0 bridgehead atoms. The number of allylic oxidation sites excluding steroid dienone is 1. The van der Waals surface area contributed by atoms with Crippen LogP contribution >= 0.6 is 11.8 Å². The maximum absolute atomic E-state index is 11.5. The molecule has 2 N–H and O–H groups in total. The molecule has 25 heavy (non-hydrogen) atoms. The minimum atomic E-state index is -0.113. The van der Waals surface area contributed by atoms with Gasteiger partial charge in [0.1, 0.15) is 5.82 Å². The number of rotatable bonds is 10. The van der Waals surface area contributed by atoms with E-state index in [0.717, 1.165) is 22.6 Å². The zero-order chi connectivity index (χ0) is 18.1. The van der Waals surface area contributed by atoms with Crippen molar-refractivity contribution in [3.8, 4) is 0 Å². The third-order valence-corrected chi connectivity index (χ3v) is 4.02. The molecule has 0 atom stereocenters. The molecular formula is C16H24N6O2S. The summed E-state index contributed by atoms with van der Waals surface area (Å²) < 4.78 is 6.86. The summed E-state index contributed by atoms with van der Waals surface area (Å²) in [4.78, 5) is 20.7. The van der Waals surface area contributed by atoms with E-state index < -0.39 is 0 Å². The highest BCUT2D eigenvalue weighted by molar-refractivity contribution is 7.99. The molecule has 0 saturated carbocycles. The highest BCUT2D eigenvalue weighted by atomic mass is 32.2. The molecule has 0 aliphatic rings. The van der Waals surface area contributed by atoms with Crippen LogP contribution in [0.15, 0.2) is 23.5 Å². The van der Waals surface area contributed by atoms with Crippen molar-refractivity contribution in [2.75, 3.05) is 37.9 Å². The third kappa shape index (κ3) is 5.43. The molecule has 0 aliphatic carbocycles.